The lowest BCUT2D eigenvalue weighted by atomic mass is 9.96. The van der Waals surface area contributed by atoms with E-state index in [0.29, 0.717) is 42.1 Å². The molecule has 0 aliphatic rings. The van der Waals surface area contributed by atoms with E-state index >= 15 is 0 Å². The van der Waals surface area contributed by atoms with E-state index < -0.39 is 5.69 Å². The van der Waals surface area contributed by atoms with Crippen LogP contribution < -0.4 is 21.9 Å². The van der Waals surface area contributed by atoms with E-state index in [0.717, 1.165) is 10.1 Å². The second kappa shape index (κ2) is 9.69. The Morgan fingerprint density at radius 3 is 2.45 bits per heavy atom. The number of benzene rings is 2. The van der Waals surface area contributed by atoms with Crippen LogP contribution in [0, 0.1) is 11.3 Å². The van der Waals surface area contributed by atoms with E-state index in [2.05, 4.69) is 16.7 Å². The van der Waals surface area contributed by atoms with Gasteiger partial charge in [0.15, 0.2) is 5.78 Å². The predicted molar refractivity (Wildman–Crippen MR) is 118 cm³/mol. The summed E-state index contributed by atoms with van der Waals surface area (Å²) in [6.45, 7) is 1.43. The van der Waals surface area contributed by atoms with Crippen LogP contribution >= 0.6 is 0 Å². The molecule has 8 nitrogen and oxygen atoms in total. The molecule has 0 radical (unpaired) electrons. The summed E-state index contributed by atoms with van der Waals surface area (Å²) in [5.41, 5.74) is 1.49. The highest BCUT2D eigenvalue weighted by Crippen LogP contribution is 2.17. The summed E-state index contributed by atoms with van der Waals surface area (Å²) in [7, 11) is 3.03. The number of aromatic nitrogens is 2. The first-order chi connectivity index (χ1) is 14.9. The molecule has 0 aliphatic heterocycles. The molecule has 0 atom stereocenters. The number of carbonyl (C=O) groups excluding carboxylic acids is 1. The van der Waals surface area contributed by atoms with Crippen LogP contribution in [0.4, 0.5) is 5.82 Å². The topological polar surface area (TPSA) is 109 Å². The minimum atomic E-state index is -0.399. The fourth-order valence-corrected chi connectivity index (χ4v) is 3.16. The molecular weight excluding hydrogens is 394 g/mol. The van der Waals surface area contributed by atoms with E-state index in [1.165, 1.54) is 17.7 Å². The van der Waals surface area contributed by atoms with Gasteiger partial charge < -0.3 is 10.6 Å². The molecule has 0 amide bonds. The first-order valence-corrected chi connectivity index (χ1v) is 9.77. The maximum atomic E-state index is 12.9. The average molecular weight is 417 g/mol. The van der Waals surface area contributed by atoms with E-state index in [9.17, 15) is 19.6 Å². The van der Waals surface area contributed by atoms with Gasteiger partial charge in [-0.1, -0.05) is 36.4 Å². The minimum Gasteiger partial charge on any atom is -0.370 e. The Balaban J connectivity index is 1.66. The van der Waals surface area contributed by atoms with Gasteiger partial charge in [-0.05, 0) is 17.7 Å². The summed E-state index contributed by atoms with van der Waals surface area (Å²) >= 11 is 0. The van der Waals surface area contributed by atoms with E-state index in [1.54, 1.807) is 49.5 Å². The molecule has 0 saturated heterocycles. The smallest absolute Gasteiger partial charge is 0.332 e. The molecule has 0 aliphatic carbocycles. The summed E-state index contributed by atoms with van der Waals surface area (Å²) < 4.78 is 2.41. The second-order valence-corrected chi connectivity index (χ2v) is 7.05. The molecule has 8 heteroatoms. The van der Waals surface area contributed by atoms with Crippen molar-refractivity contribution in [1.82, 2.24) is 14.5 Å². The number of ketones is 1. The molecule has 158 valence electrons. The molecule has 2 N–H and O–H groups in total. The SMILES string of the molecule is Cn1c(NCCNCc2ccc(C#N)cc2C(=O)c2ccccc2)cc(=O)n(C)c1=O. The summed E-state index contributed by atoms with van der Waals surface area (Å²) in [5.74, 6) is 0.302. The van der Waals surface area contributed by atoms with Crippen LogP contribution in [0.15, 0.2) is 64.2 Å². The van der Waals surface area contributed by atoms with Crippen molar-refractivity contribution in [2.45, 2.75) is 6.54 Å². The van der Waals surface area contributed by atoms with Crippen LogP contribution in [0.5, 0.6) is 0 Å². The molecule has 1 aromatic heterocycles. The number of nitrogens with one attached hydrogen (secondary N) is 2. The van der Waals surface area contributed by atoms with Crippen LogP contribution in [-0.4, -0.2) is 28.0 Å². The van der Waals surface area contributed by atoms with Crippen molar-refractivity contribution in [3.63, 3.8) is 0 Å². The van der Waals surface area contributed by atoms with Crippen molar-refractivity contribution < 1.29 is 4.79 Å². The van der Waals surface area contributed by atoms with Crippen LogP contribution in [0.1, 0.15) is 27.0 Å². The van der Waals surface area contributed by atoms with E-state index in [1.807, 2.05) is 6.07 Å². The van der Waals surface area contributed by atoms with Gasteiger partial charge in [-0.3, -0.25) is 18.7 Å². The summed E-state index contributed by atoms with van der Waals surface area (Å²) in [5, 5.41) is 15.5. The molecular formula is C23H23N5O3. The van der Waals surface area contributed by atoms with Crippen molar-refractivity contribution in [3.8, 4) is 6.07 Å². The van der Waals surface area contributed by atoms with E-state index in [4.69, 9.17) is 0 Å². The molecule has 2 aromatic carbocycles. The zero-order valence-electron chi connectivity index (χ0n) is 17.4. The van der Waals surface area contributed by atoms with Crippen molar-refractivity contribution in [2.24, 2.45) is 14.1 Å². The maximum absolute atomic E-state index is 12.9. The number of carbonyl (C=O) groups is 1. The lowest BCUT2D eigenvalue weighted by molar-refractivity contribution is 0.103. The second-order valence-electron chi connectivity index (χ2n) is 7.05. The summed E-state index contributed by atoms with van der Waals surface area (Å²) in [6, 6.07) is 17.5. The van der Waals surface area contributed by atoms with Gasteiger partial charge in [0, 0.05) is 50.9 Å². The van der Waals surface area contributed by atoms with Crippen molar-refractivity contribution >= 4 is 11.6 Å². The third-order valence-electron chi connectivity index (χ3n) is 4.97. The third-order valence-corrected chi connectivity index (χ3v) is 4.97. The molecule has 3 aromatic rings. The highest BCUT2D eigenvalue weighted by atomic mass is 16.2. The number of anilines is 1. The van der Waals surface area contributed by atoms with Gasteiger partial charge in [0.05, 0.1) is 11.6 Å². The first kappa shape index (κ1) is 21.7. The number of nitriles is 1. The molecule has 31 heavy (non-hydrogen) atoms. The Morgan fingerprint density at radius 1 is 1.00 bits per heavy atom. The molecule has 1 heterocycles. The number of rotatable bonds is 8. The Kier molecular flexibility index (Phi) is 6.80. The largest absolute Gasteiger partial charge is 0.370 e. The van der Waals surface area contributed by atoms with Crippen molar-refractivity contribution in [2.75, 3.05) is 18.4 Å². The third kappa shape index (κ3) is 4.97. The van der Waals surface area contributed by atoms with E-state index in [-0.39, 0.29) is 11.3 Å². The monoisotopic (exact) mass is 417 g/mol. The van der Waals surface area contributed by atoms with Crippen molar-refractivity contribution in [1.29, 1.82) is 5.26 Å². The van der Waals surface area contributed by atoms with Gasteiger partial charge in [0.1, 0.15) is 5.82 Å². The van der Waals surface area contributed by atoms with Crippen LogP contribution in [0.2, 0.25) is 0 Å². The number of nitrogens with zero attached hydrogens (tertiary/aromatic N) is 3. The standard InChI is InChI=1S/C23H23N5O3/c1-27-20(13-21(29)28(2)23(27)31)26-11-10-25-15-18-9-8-16(14-24)12-19(18)22(30)17-6-4-3-5-7-17/h3-9,12-13,25-26H,10-11,15H2,1-2H3. The quantitative estimate of drug-likeness (QED) is 0.424. The fraction of sp³-hybridized carbons (Fsp3) is 0.217. The van der Waals surface area contributed by atoms with Crippen LogP contribution in [-0.2, 0) is 20.6 Å². The predicted octanol–water partition coefficient (Wildman–Crippen LogP) is 1.39. The van der Waals surface area contributed by atoms with Crippen molar-refractivity contribution in [3.05, 3.63) is 97.7 Å². The lowest BCUT2D eigenvalue weighted by Gasteiger charge is -2.13. The Hall–Kier alpha value is -3.96. The van der Waals surface area contributed by atoms with Gasteiger partial charge in [0.25, 0.3) is 5.56 Å². The molecule has 3 rings (SSSR count). The minimum absolute atomic E-state index is 0.136. The van der Waals surface area contributed by atoms with Crippen LogP contribution in [0.3, 0.4) is 0 Å². The normalized spacial score (nSPS) is 10.5. The zero-order valence-corrected chi connectivity index (χ0v) is 17.4. The average Bonchev–Trinajstić information content (AvgIpc) is 2.80. The zero-order chi connectivity index (χ0) is 22.4. The Labute approximate surface area is 179 Å². The summed E-state index contributed by atoms with van der Waals surface area (Å²) in [6.07, 6.45) is 0. The Bertz CT molecular complexity index is 1250. The molecule has 0 fully saturated rings. The molecule has 0 bridgehead atoms. The van der Waals surface area contributed by atoms with Gasteiger partial charge in [-0.15, -0.1) is 0 Å². The van der Waals surface area contributed by atoms with Gasteiger partial charge in [-0.25, -0.2) is 4.79 Å². The highest BCUT2D eigenvalue weighted by Gasteiger charge is 2.14. The highest BCUT2D eigenvalue weighted by molar-refractivity contribution is 6.10. The Morgan fingerprint density at radius 2 is 1.74 bits per heavy atom. The molecule has 0 saturated carbocycles. The lowest BCUT2D eigenvalue weighted by Crippen LogP contribution is -2.38. The van der Waals surface area contributed by atoms with Gasteiger partial charge >= 0.3 is 5.69 Å². The fourth-order valence-electron chi connectivity index (χ4n) is 3.16. The number of hydrogen-bond acceptors (Lipinski definition) is 6. The van der Waals surface area contributed by atoms with Gasteiger partial charge in [-0.2, -0.15) is 5.26 Å². The molecule has 0 spiro atoms. The number of hydrogen-bond donors (Lipinski definition) is 2. The first-order valence-electron chi connectivity index (χ1n) is 9.77. The molecule has 0 unspecified atom stereocenters. The summed E-state index contributed by atoms with van der Waals surface area (Å²) in [4.78, 5) is 36.7. The van der Waals surface area contributed by atoms with Crippen LogP contribution in [0.25, 0.3) is 0 Å². The maximum Gasteiger partial charge on any atom is 0.332 e. The van der Waals surface area contributed by atoms with Gasteiger partial charge in [0.2, 0.25) is 0 Å².